The van der Waals surface area contributed by atoms with Crippen molar-refractivity contribution < 1.29 is 13.9 Å². The highest BCUT2D eigenvalue weighted by Crippen LogP contribution is 2.30. The van der Waals surface area contributed by atoms with Gasteiger partial charge in [-0.3, -0.25) is 4.79 Å². The third kappa shape index (κ3) is 4.66. The maximum Gasteiger partial charge on any atom is 0.251 e. The number of rotatable bonds is 6. The molecule has 4 nitrogen and oxygen atoms in total. The third-order valence-corrected chi connectivity index (χ3v) is 4.45. The minimum absolute atomic E-state index is 0. The maximum atomic E-state index is 13.2. The van der Waals surface area contributed by atoms with E-state index >= 15 is 0 Å². The molecular formula is C17H24ClFN2O2. The van der Waals surface area contributed by atoms with E-state index in [0.717, 1.165) is 31.2 Å². The predicted octanol–water partition coefficient (Wildman–Crippen LogP) is 2.29. The zero-order chi connectivity index (χ0) is 15.5. The molecule has 2 aliphatic rings. The molecule has 2 fully saturated rings. The molecule has 1 aromatic carbocycles. The second kappa shape index (κ2) is 8.08. The molecule has 128 valence electrons. The van der Waals surface area contributed by atoms with Crippen LogP contribution < -0.4 is 5.73 Å². The summed E-state index contributed by atoms with van der Waals surface area (Å²) in [6.45, 7) is 1.09. The van der Waals surface area contributed by atoms with Crippen LogP contribution in [0.15, 0.2) is 24.3 Å². The Balaban J connectivity index is 0.00000192. The monoisotopic (exact) mass is 342 g/mol. The van der Waals surface area contributed by atoms with Crippen LogP contribution in [0.25, 0.3) is 0 Å². The van der Waals surface area contributed by atoms with Crippen LogP contribution in [0.4, 0.5) is 4.39 Å². The molecule has 0 radical (unpaired) electrons. The van der Waals surface area contributed by atoms with E-state index in [9.17, 15) is 9.18 Å². The molecule has 1 aliphatic carbocycles. The third-order valence-electron chi connectivity index (χ3n) is 4.45. The fourth-order valence-electron chi connectivity index (χ4n) is 3.05. The molecule has 1 aliphatic heterocycles. The summed E-state index contributed by atoms with van der Waals surface area (Å²) in [5, 5.41) is 0. The molecule has 1 amide bonds. The molecule has 0 unspecified atom stereocenters. The van der Waals surface area contributed by atoms with E-state index in [1.807, 2.05) is 11.0 Å². The van der Waals surface area contributed by atoms with Crippen LogP contribution in [-0.4, -0.2) is 42.1 Å². The maximum absolute atomic E-state index is 13.2. The lowest BCUT2D eigenvalue weighted by Gasteiger charge is -2.25. The molecule has 1 aromatic rings. The van der Waals surface area contributed by atoms with Crippen molar-refractivity contribution in [3.05, 3.63) is 35.6 Å². The number of nitrogens with zero attached hydrogens (tertiary/aromatic N) is 1. The van der Waals surface area contributed by atoms with E-state index in [2.05, 4.69) is 0 Å². The summed E-state index contributed by atoms with van der Waals surface area (Å²) in [5.41, 5.74) is 6.53. The van der Waals surface area contributed by atoms with Crippen LogP contribution in [0.1, 0.15) is 31.2 Å². The summed E-state index contributed by atoms with van der Waals surface area (Å²) >= 11 is 0. The average molecular weight is 343 g/mol. The van der Waals surface area contributed by atoms with Crippen molar-refractivity contribution in [2.45, 2.75) is 50.4 Å². The van der Waals surface area contributed by atoms with E-state index in [0.29, 0.717) is 25.6 Å². The summed E-state index contributed by atoms with van der Waals surface area (Å²) in [6.07, 6.45) is 4.07. The van der Waals surface area contributed by atoms with Gasteiger partial charge in [-0.1, -0.05) is 12.1 Å². The van der Waals surface area contributed by atoms with Gasteiger partial charge in [-0.2, -0.15) is 0 Å². The second-order valence-corrected chi connectivity index (χ2v) is 6.20. The zero-order valence-corrected chi connectivity index (χ0v) is 13.9. The van der Waals surface area contributed by atoms with Gasteiger partial charge in [-0.25, -0.2) is 4.39 Å². The van der Waals surface area contributed by atoms with Gasteiger partial charge in [0, 0.05) is 19.1 Å². The molecule has 2 atom stereocenters. The summed E-state index contributed by atoms with van der Waals surface area (Å²) in [6, 6.07) is 6.91. The Morgan fingerprint density at radius 1 is 1.30 bits per heavy atom. The highest BCUT2D eigenvalue weighted by Gasteiger charge is 2.38. The molecular weight excluding hydrogens is 319 g/mol. The molecule has 2 N–H and O–H groups in total. The van der Waals surface area contributed by atoms with E-state index in [4.69, 9.17) is 10.5 Å². The van der Waals surface area contributed by atoms with Crippen molar-refractivity contribution in [1.29, 1.82) is 0 Å². The van der Waals surface area contributed by atoms with Gasteiger partial charge in [0.05, 0.1) is 6.10 Å². The number of hydrogen-bond donors (Lipinski definition) is 1. The molecule has 1 heterocycles. The van der Waals surface area contributed by atoms with Crippen molar-refractivity contribution >= 4 is 18.3 Å². The fourth-order valence-corrected chi connectivity index (χ4v) is 3.05. The van der Waals surface area contributed by atoms with Crippen molar-refractivity contribution in [3.63, 3.8) is 0 Å². The van der Waals surface area contributed by atoms with E-state index < -0.39 is 0 Å². The first-order valence-electron chi connectivity index (χ1n) is 8.08. The van der Waals surface area contributed by atoms with Crippen LogP contribution in [0, 0.1) is 5.82 Å². The quantitative estimate of drug-likeness (QED) is 0.863. The molecule has 3 rings (SSSR count). The van der Waals surface area contributed by atoms with Gasteiger partial charge in [0.2, 0.25) is 0 Å². The minimum Gasteiger partial charge on any atom is -0.364 e. The minimum atomic E-state index is -0.346. The number of ether oxygens (including phenoxy) is 1. The number of amides is 1. The molecule has 6 heteroatoms. The van der Waals surface area contributed by atoms with Crippen molar-refractivity contribution in [3.8, 4) is 0 Å². The number of hydrogen-bond acceptors (Lipinski definition) is 3. The van der Waals surface area contributed by atoms with Gasteiger partial charge in [0.25, 0.3) is 5.91 Å². The molecule has 1 saturated heterocycles. The lowest BCUT2D eigenvalue weighted by molar-refractivity contribution is -0.143. The lowest BCUT2D eigenvalue weighted by Crippen LogP contribution is -2.42. The number of carbonyl (C=O) groups is 1. The fraction of sp³-hybridized carbons (Fsp3) is 0.588. The standard InChI is InChI=1S/C17H23FN2O2.ClH/c18-13-3-1-2-12(10-13)8-9-20(14-4-5-14)17(21)16-7-6-15(11-19)22-16;/h1-3,10,14-16H,4-9,11,19H2;1H/t15-,16+;/m1./s1. The second-order valence-electron chi connectivity index (χ2n) is 6.20. The van der Waals surface area contributed by atoms with Crippen LogP contribution in [0.2, 0.25) is 0 Å². The van der Waals surface area contributed by atoms with Crippen molar-refractivity contribution in [1.82, 2.24) is 4.90 Å². The molecule has 0 aromatic heterocycles. The normalized spacial score (nSPS) is 23.4. The lowest BCUT2D eigenvalue weighted by atomic mass is 10.1. The Kier molecular flexibility index (Phi) is 6.39. The van der Waals surface area contributed by atoms with Gasteiger partial charge >= 0.3 is 0 Å². The number of carbonyl (C=O) groups excluding carboxylic acids is 1. The Labute approximate surface area is 142 Å². The highest BCUT2D eigenvalue weighted by atomic mass is 35.5. The van der Waals surface area contributed by atoms with Crippen LogP contribution in [0.5, 0.6) is 0 Å². The van der Waals surface area contributed by atoms with Gasteiger partial charge in [0.1, 0.15) is 11.9 Å². The Bertz CT molecular complexity index is 539. The Morgan fingerprint density at radius 3 is 2.70 bits per heavy atom. The number of benzene rings is 1. The molecule has 23 heavy (non-hydrogen) atoms. The van der Waals surface area contributed by atoms with E-state index in [-0.39, 0.29) is 36.3 Å². The largest absolute Gasteiger partial charge is 0.364 e. The number of nitrogens with two attached hydrogens (primary N) is 1. The smallest absolute Gasteiger partial charge is 0.251 e. The van der Waals surface area contributed by atoms with Gasteiger partial charge in [-0.05, 0) is 49.8 Å². The van der Waals surface area contributed by atoms with Crippen molar-refractivity contribution in [2.75, 3.05) is 13.1 Å². The zero-order valence-electron chi connectivity index (χ0n) is 13.1. The summed E-state index contributed by atoms with van der Waals surface area (Å²) in [5.74, 6) is -0.151. The topological polar surface area (TPSA) is 55.6 Å². The molecule has 1 saturated carbocycles. The van der Waals surface area contributed by atoms with Gasteiger partial charge < -0.3 is 15.4 Å². The van der Waals surface area contributed by atoms with Crippen LogP contribution in [-0.2, 0) is 16.0 Å². The molecule has 0 spiro atoms. The predicted molar refractivity (Wildman–Crippen MR) is 89.0 cm³/mol. The van der Waals surface area contributed by atoms with Gasteiger partial charge in [-0.15, -0.1) is 12.4 Å². The van der Waals surface area contributed by atoms with Crippen LogP contribution >= 0.6 is 12.4 Å². The van der Waals surface area contributed by atoms with Gasteiger partial charge in [0.15, 0.2) is 0 Å². The first kappa shape index (κ1) is 18.2. The Hall–Kier alpha value is -1.17. The SMILES string of the molecule is Cl.NC[C@H]1CC[C@@H](C(=O)N(CCc2cccc(F)c2)C2CC2)O1. The summed E-state index contributed by atoms with van der Waals surface area (Å²) in [7, 11) is 0. The summed E-state index contributed by atoms with van der Waals surface area (Å²) in [4.78, 5) is 14.6. The average Bonchev–Trinajstić information content (AvgIpc) is 3.23. The first-order chi connectivity index (χ1) is 10.7. The molecule has 0 bridgehead atoms. The highest BCUT2D eigenvalue weighted by molar-refractivity contribution is 5.85. The Morgan fingerprint density at radius 2 is 2.09 bits per heavy atom. The first-order valence-corrected chi connectivity index (χ1v) is 8.08. The van der Waals surface area contributed by atoms with Crippen molar-refractivity contribution in [2.24, 2.45) is 5.73 Å². The number of halogens is 2. The van der Waals surface area contributed by atoms with E-state index in [1.54, 1.807) is 6.07 Å². The summed E-state index contributed by atoms with van der Waals surface area (Å²) < 4.78 is 19.0. The van der Waals surface area contributed by atoms with Crippen LogP contribution in [0.3, 0.4) is 0 Å². The van der Waals surface area contributed by atoms with E-state index in [1.165, 1.54) is 12.1 Å².